The lowest BCUT2D eigenvalue weighted by Crippen LogP contribution is -2.39. The summed E-state index contributed by atoms with van der Waals surface area (Å²) >= 11 is 3.06. The van der Waals surface area contributed by atoms with Crippen LogP contribution in [-0.4, -0.2) is 37.8 Å². The van der Waals surface area contributed by atoms with Gasteiger partial charge in [-0.25, -0.2) is 0 Å². The van der Waals surface area contributed by atoms with Gasteiger partial charge in [0.1, 0.15) is 9.88 Å². The number of nitrogen functional groups attached to an aromatic ring is 1. The van der Waals surface area contributed by atoms with Crippen molar-refractivity contribution in [1.82, 2.24) is 5.32 Å². The Hall–Kier alpha value is -1.18. The molecular formula is C14H22N4OS2. The van der Waals surface area contributed by atoms with E-state index in [-0.39, 0.29) is 11.9 Å². The summed E-state index contributed by atoms with van der Waals surface area (Å²) in [7, 11) is 0. The third-order valence-electron chi connectivity index (χ3n) is 3.53. The molecule has 1 fully saturated rings. The van der Waals surface area contributed by atoms with Crippen molar-refractivity contribution >= 4 is 39.7 Å². The van der Waals surface area contributed by atoms with Crippen LogP contribution < -0.4 is 21.7 Å². The van der Waals surface area contributed by atoms with Gasteiger partial charge in [0.2, 0.25) is 0 Å². The fraction of sp³-hybridized carbons (Fsp3) is 0.500. The Morgan fingerprint density at radius 3 is 2.81 bits per heavy atom. The van der Waals surface area contributed by atoms with Crippen LogP contribution in [0, 0.1) is 0 Å². The van der Waals surface area contributed by atoms with Crippen molar-refractivity contribution in [2.75, 3.05) is 36.5 Å². The maximum absolute atomic E-state index is 12.2. The fourth-order valence-corrected chi connectivity index (χ4v) is 4.49. The van der Waals surface area contributed by atoms with Crippen molar-refractivity contribution in [2.45, 2.75) is 23.8 Å². The van der Waals surface area contributed by atoms with Crippen molar-refractivity contribution in [3.8, 4) is 0 Å². The van der Waals surface area contributed by atoms with Crippen LogP contribution in [-0.2, 0) is 0 Å². The molecule has 7 heteroatoms. The number of carbonyl (C=O) groups excluding carboxylic acids is 1. The van der Waals surface area contributed by atoms with Crippen LogP contribution in [0.3, 0.4) is 0 Å². The number of anilines is 2. The smallest absolute Gasteiger partial charge is 0.263 e. The van der Waals surface area contributed by atoms with Gasteiger partial charge in [-0.05, 0) is 19.1 Å². The van der Waals surface area contributed by atoms with Gasteiger partial charge in [0.15, 0.2) is 0 Å². The maximum Gasteiger partial charge on any atom is 0.263 e. The van der Waals surface area contributed by atoms with Gasteiger partial charge in [-0.3, -0.25) is 4.79 Å². The number of hydrogen-bond donors (Lipinski definition) is 3. The molecule has 1 aromatic rings. The summed E-state index contributed by atoms with van der Waals surface area (Å²) in [5.74, 6) is -0.132. The maximum atomic E-state index is 12.2. The van der Waals surface area contributed by atoms with Crippen LogP contribution in [0.5, 0.6) is 0 Å². The van der Waals surface area contributed by atoms with E-state index in [9.17, 15) is 4.79 Å². The second-order valence-electron chi connectivity index (χ2n) is 5.01. The molecule has 0 radical (unpaired) electrons. The quantitative estimate of drug-likeness (QED) is 0.568. The van der Waals surface area contributed by atoms with Crippen molar-refractivity contribution in [3.05, 3.63) is 17.5 Å². The topological polar surface area (TPSA) is 84.4 Å². The molecule has 1 saturated heterocycles. The molecule has 1 aromatic heterocycles. The number of thioether (sulfide) groups is 1. The molecule has 2 heterocycles. The van der Waals surface area contributed by atoms with E-state index < -0.39 is 0 Å². The lowest BCUT2D eigenvalue weighted by Gasteiger charge is -2.31. The highest BCUT2D eigenvalue weighted by Crippen LogP contribution is 2.44. The number of rotatable bonds is 5. The zero-order chi connectivity index (χ0) is 15.4. The molecule has 0 unspecified atom stereocenters. The van der Waals surface area contributed by atoms with E-state index in [1.165, 1.54) is 11.3 Å². The van der Waals surface area contributed by atoms with E-state index >= 15 is 0 Å². The average Bonchev–Trinajstić information content (AvgIpc) is 2.82. The zero-order valence-electron chi connectivity index (χ0n) is 12.2. The molecule has 0 bridgehead atoms. The second-order valence-corrected chi connectivity index (χ2v) is 6.82. The van der Waals surface area contributed by atoms with E-state index in [1.807, 2.05) is 6.26 Å². The van der Waals surface area contributed by atoms with E-state index in [4.69, 9.17) is 11.5 Å². The predicted octanol–water partition coefficient (Wildman–Crippen LogP) is 1.90. The molecule has 2 rings (SSSR count). The Morgan fingerprint density at radius 2 is 2.24 bits per heavy atom. The van der Waals surface area contributed by atoms with Crippen molar-refractivity contribution < 1.29 is 4.79 Å². The number of hydrogen-bond acceptors (Lipinski definition) is 6. The minimum absolute atomic E-state index is 0.132. The minimum Gasteiger partial charge on any atom is -0.396 e. The monoisotopic (exact) mass is 326 g/mol. The van der Waals surface area contributed by atoms with E-state index in [0.29, 0.717) is 17.1 Å². The Balaban J connectivity index is 2.25. The number of piperidine rings is 1. The van der Waals surface area contributed by atoms with Crippen molar-refractivity contribution in [3.63, 3.8) is 0 Å². The number of nitrogens with zero attached hydrogens (tertiary/aromatic N) is 1. The molecule has 0 spiro atoms. The summed E-state index contributed by atoms with van der Waals surface area (Å²) in [4.78, 5) is 16.0. The molecule has 0 atom stereocenters. The number of nitrogens with two attached hydrogens (primary N) is 2. The van der Waals surface area contributed by atoms with E-state index in [0.717, 1.165) is 35.8 Å². The highest BCUT2D eigenvalue weighted by molar-refractivity contribution is 7.99. The van der Waals surface area contributed by atoms with Crippen LogP contribution >= 0.6 is 23.1 Å². The third kappa shape index (κ3) is 3.53. The molecule has 0 saturated carbocycles. The number of nitrogens with one attached hydrogen (secondary N) is 1. The predicted molar refractivity (Wildman–Crippen MR) is 92.5 cm³/mol. The summed E-state index contributed by atoms with van der Waals surface area (Å²) in [6, 6.07) is 0.284. The number of amides is 1. The van der Waals surface area contributed by atoms with Crippen molar-refractivity contribution in [2.24, 2.45) is 5.73 Å². The fourth-order valence-electron chi connectivity index (χ4n) is 2.34. The Morgan fingerprint density at radius 1 is 1.57 bits per heavy atom. The zero-order valence-corrected chi connectivity index (χ0v) is 13.9. The molecule has 1 amide bonds. The first-order valence-electron chi connectivity index (χ1n) is 6.94. The largest absolute Gasteiger partial charge is 0.396 e. The molecule has 5 N–H and O–H groups in total. The molecule has 116 valence electrons. The van der Waals surface area contributed by atoms with Gasteiger partial charge in [0.05, 0.1) is 10.6 Å². The molecular weight excluding hydrogens is 304 g/mol. The first kappa shape index (κ1) is 16.2. The minimum atomic E-state index is -0.132. The number of carbonyl (C=O) groups is 1. The van der Waals surface area contributed by atoms with Crippen molar-refractivity contribution in [1.29, 1.82) is 0 Å². The van der Waals surface area contributed by atoms with Gasteiger partial charge in [-0.15, -0.1) is 29.7 Å². The summed E-state index contributed by atoms with van der Waals surface area (Å²) in [5.41, 5.74) is 12.7. The third-order valence-corrected chi connectivity index (χ3v) is 5.74. The van der Waals surface area contributed by atoms with Crippen LogP contribution in [0.4, 0.5) is 10.7 Å². The molecule has 1 aliphatic rings. The standard InChI is InChI=1S/C14H22N4OS2/c1-3-6-17-13(19)11-10(16)12(20-2)14(21-11)18-7-4-9(15)5-8-18/h3,9H,1,4-8,15-16H2,2H3,(H,17,19). The second kappa shape index (κ2) is 7.20. The van der Waals surface area contributed by atoms with Crippen LogP contribution in [0.2, 0.25) is 0 Å². The normalized spacial score (nSPS) is 16.0. The highest BCUT2D eigenvalue weighted by Gasteiger charge is 2.26. The number of thiophene rings is 1. The lowest BCUT2D eigenvalue weighted by atomic mass is 10.1. The summed E-state index contributed by atoms with van der Waals surface area (Å²) in [5, 5.41) is 3.88. The van der Waals surface area contributed by atoms with Gasteiger partial charge in [0, 0.05) is 25.7 Å². The molecule has 21 heavy (non-hydrogen) atoms. The van der Waals surface area contributed by atoms with Gasteiger partial charge in [0.25, 0.3) is 5.91 Å². The highest BCUT2D eigenvalue weighted by atomic mass is 32.2. The first-order valence-corrected chi connectivity index (χ1v) is 8.98. The Labute approximate surface area is 133 Å². The van der Waals surface area contributed by atoms with E-state index in [2.05, 4.69) is 16.8 Å². The van der Waals surface area contributed by atoms with Crippen LogP contribution in [0.25, 0.3) is 0 Å². The summed E-state index contributed by atoms with van der Waals surface area (Å²) in [6.07, 6.45) is 5.60. The van der Waals surface area contributed by atoms with Gasteiger partial charge in [-0.1, -0.05) is 6.08 Å². The first-order chi connectivity index (χ1) is 10.1. The lowest BCUT2D eigenvalue weighted by molar-refractivity contribution is 0.0963. The molecule has 1 aliphatic heterocycles. The molecule has 5 nitrogen and oxygen atoms in total. The average molecular weight is 326 g/mol. The summed E-state index contributed by atoms with van der Waals surface area (Å²) in [6.45, 7) is 5.88. The van der Waals surface area contributed by atoms with Gasteiger partial charge < -0.3 is 21.7 Å². The molecule has 0 aliphatic carbocycles. The SMILES string of the molecule is C=CCNC(=O)c1sc(N2CCC(N)CC2)c(SC)c1N. The Kier molecular flexibility index (Phi) is 5.55. The Bertz CT molecular complexity index is 521. The van der Waals surface area contributed by atoms with Crippen LogP contribution in [0.15, 0.2) is 17.6 Å². The molecule has 0 aromatic carbocycles. The van der Waals surface area contributed by atoms with Gasteiger partial charge in [-0.2, -0.15) is 0 Å². The van der Waals surface area contributed by atoms with Gasteiger partial charge >= 0.3 is 0 Å². The van der Waals surface area contributed by atoms with Crippen LogP contribution in [0.1, 0.15) is 22.5 Å². The van der Waals surface area contributed by atoms with E-state index in [1.54, 1.807) is 17.8 Å². The summed E-state index contributed by atoms with van der Waals surface area (Å²) < 4.78 is 0.